The molecule has 4 heteroatoms. The second-order valence-electron chi connectivity index (χ2n) is 9.96. The third kappa shape index (κ3) is 1.55. The standard InChI is InChI=1S/C22H26O4/c1-20-7-5-13(23)9-12(20)3-4-14-16(20)6-8-21(2)18(14)15-10-17(15)22(21)11-25-19(24)26-22/h3,6,14-15,17-18H,4-5,7-11H2,1-2H3/t14?,15-,17+,18?,20+,21+,22+/m1/s1. The molecule has 0 radical (unpaired) electrons. The maximum absolute atomic E-state index is 12.0. The van der Waals surface area contributed by atoms with Crippen LogP contribution in [0, 0.1) is 34.5 Å². The molecule has 1 aliphatic heterocycles. The first kappa shape index (κ1) is 15.5. The minimum Gasteiger partial charge on any atom is -0.430 e. The van der Waals surface area contributed by atoms with Crippen LogP contribution in [0.5, 0.6) is 0 Å². The summed E-state index contributed by atoms with van der Waals surface area (Å²) in [6.07, 6.45) is 9.85. The van der Waals surface area contributed by atoms with Gasteiger partial charge in [-0.3, -0.25) is 4.79 Å². The van der Waals surface area contributed by atoms with Gasteiger partial charge in [0.1, 0.15) is 12.4 Å². The van der Waals surface area contributed by atoms with E-state index < -0.39 is 11.8 Å². The van der Waals surface area contributed by atoms with Gasteiger partial charge in [-0.05, 0) is 43.4 Å². The Labute approximate surface area is 154 Å². The molecule has 0 aromatic rings. The Hall–Kier alpha value is -1.58. The van der Waals surface area contributed by atoms with Gasteiger partial charge in [-0.1, -0.05) is 37.1 Å². The zero-order valence-electron chi connectivity index (χ0n) is 15.5. The Bertz CT molecular complexity index is 809. The number of rotatable bonds is 0. The largest absolute Gasteiger partial charge is 0.509 e. The van der Waals surface area contributed by atoms with E-state index in [-0.39, 0.29) is 10.8 Å². The van der Waals surface area contributed by atoms with Crippen molar-refractivity contribution in [3.8, 4) is 0 Å². The van der Waals surface area contributed by atoms with Crippen LogP contribution in [0.3, 0.4) is 0 Å². The van der Waals surface area contributed by atoms with Crippen LogP contribution >= 0.6 is 0 Å². The van der Waals surface area contributed by atoms with Gasteiger partial charge in [0.2, 0.25) is 0 Å². The summed E-state index contributed by atoms with van der Waals surface area (Å²) in [6.45, 7) is 5.13. The van der Waals surface area contributed by atoms with E-state index in [1.165, 1.54) is 12.0 Å². The normalized spacial score (nSPS) is 53.6. The lowest BCUT2D eigenvalue weighted by atomic mass is 9.50. The molecule has 26 heavy (non-hydrogen) atoms. The van der Waals surface area contributed by atoms with Gasteiger partial charge in [0.15, 0.2) is 5.60 Å². The van der Waals surface area contributed by atoms with Gasteiger partial charge < -0.3 is 9.47 Å². The minimum absolute atomic E-state index is 0.0207. The number of Topliss-reactive ketones (excluding diaryl/α,β-unsaturated/α-hetero) is 1. The number of fused-ring (bicyclic) bond motifs is 9. The first-order valence-electron chi connectivity index (χ1n) is 10.2. The third-order valence-corrected chi connectivity index (χ3v) is 9.11. The average molecular weight is 354 g/mol. The first-order valence-corrected chi connectivity index (χ1v) is 10.2. The molecule has 1 heterocycles. The maximum Gasteiger partial charge on any atom is 0.509 e. The van der Waals surface area contributed by atoms with Crippen LogP contribution < -0.4 is 0 Å². The van der Waals surface area contributed by atoms with Crippen LogP contribution in [0.1, 0.15) is 52.4 Å². The molecule has 1 spiro atoms. The molecule has 6 rings (SSSR count). The van der Waals surface area contributed by atoms with Crippen LogP contribution in [-0.4, -0.2) is 24.1 Å². The number of hydrogen-bond donors (Lipinski definition) is 0. The van der Waals surface area contributed by atoms with Crippen LogP contribution in [0.4, 0.5) is 4.79 Å². The first-order chi connectivity index (χ1) is 12.4. The molecule has 3 saturated carbocycles. The molecule has 4 nitrogen and oxygen atoms in total. The van der Waals surface area contributed by atoms with Gasteiger partial charge in [-0.15, -0.1) is 0 Å². The number of hydrogen-bond acceptors (Lipinski definition) is 4. The summed E-state index contributed by atoms with van der Waals surface area (Å²) in [4.78, 5) is 23.8. The highest BCUT2D eigenvalue weighted by Crippen LogP contribution is 2.77. The SMILES string of the molecule is C[C@]12CCC(=O)CC1=CCC1C2=CC[C@@]2(C)C1[C@@H]1C[C@@H]1[C@@]21COC(=O)O1. The van der Waals surface area contributed by atoms with Gasteiger partial charge in [0.25, 0.3) is 0 Å². The molecule has 2 unspecified atom stereocenters. The fraction of sp³-hybridized carbons (Fsp3) is 0.727. The summed E-state index contributed by atoms with van der Waals surface area (Å²) in [5.41, 5.74) is 2.58. The van der Waals surface area contributed by atoms with Crippen LogP contribution in [-0.2, 0) is 14.3 Å². The fourth-order valence-electron chi connectivity index (χ4n) is 7.73. The second-order valence-corrected chi connectivity index (χ2v) is 9.96. The molecule has 0 N–H and O–H groups in total. The van der Waals surface area contributed by atoms with Crippen LogP contribution in [0.2, 0.25) is 0 Å². The molecular weight excluding hydrogens is 328 g/mol. The lowest BCUT2D eigenvalue weighted by molar-refractivity contribution is -0.120. The van der Waals surface area contributed by atoms with Crippen molar-refractivity contribution in [2.75, 3.05) is 6.61 Å². The number of allylic oxidation sites excluding steroid dienone is 4. The van der Waals surface area contributed by atoms with E-state index in [1.807, 2.05) is 0 Å². The number of ketones is 1. The van der Waals surface area contributed by atoms with E-state index in [0.29, 0.717) is 48.9 Å². The highest BCUT2D eigenvalue weighted by Gasteiger charge is 2.79. The highest BCUT2D eigenvalue weighted by atomic mass is 16.8. The van der Waals surface area contributed by atoms with Crippen molar-refractivity contribution < 1.29 is 19.1 Å². The average Bonchev–Trinajstić information content (AvgIpc) is 3.24. The second kappa shape index (κ2) is 4.45. The summed E-state index contributed by atoms with van der Waals surface area (Å²) < 4.78 is 11.2. The number of ether oxygens (including phenoxy) is 2. The molecule has 138 valence electrons. The zero-order valence-corrected chi connectivity index (χ0v) is 15.5. The Kier molecular flexibility index (Phi) is 2.65. The predicted molar refractivity (Wildman–Crippen MR) is 94.2 cm³/mol. The van der Waals surface area contributed by atoms with Crippen molar-refractivity contribution in [3.63, 3.8) is 0 Å². The lowest BCUT2D eigenvalue weighted by Gasteiger charge is -2.55. The van der Waals surface area contributed by atoms with E-state index in [4.69, 9.17) is 9.47 Å². The molecule has 0 amide bonds. The molecule has 0 aromatic heterocycles. The van der Waals surface area contributed by atoms with Gasteiger partial charge in [0.05, 0.1) is 0 Å². The van der Waals surface area contributed by atoms with Gasteiger partial charge >= 0.3 is 6.16 Å². The minimum atomic E-state index is -0.476. The third-order valence-electron chi connectivity index (χ3n) is 9.11. The molecular formula is C22H26O4. The number of cyclic esters (lactones) is 1. The maximum atomic E-state index is 12.0. The van der Waals surface area contributed by atoms with Gasteiger partial charge in [-0.2, -0.15) is 0 Å². The summed E-state index contributed by atoms with van der Waals surface area (Å²) >= 11 is 0. The molecule has 6 aliphatic rings. The van der Waals surface area contributed by atoms with E-state index in [0.717, 1.165) is 19.3 Å². The van der Waals surface area contributed by atoms with E-state index in [9.17, 15) is 9.59 Å². The van der Waals surface area contributed by atoms with Crippen molar-refractivity contribution in [2.45, 2.75) is 58.0 Å². The summed E-state index contributed by atoms with van der Waals surface area (Å²) in [5, 5.41) is 0. The van der Waals surface area contributed by atoms with Gasteiger partial charge in [0, 0.05) is 29.6 Å². The number of carbonyl (C=O) groups is 2. The molecule has 0 bridgehead atoms. The summed E-state index contributed by atoms with van der Waals surface area (Å²) in [5.74, 6) is 2.62. The lowest BCUT2D eigenvalue weighted by Crippen LogP contribution is -2.54. The Morgan fingerprint density at radius 3 is 2.81 bits per heavy atom. The zero-order chi connectivity index (χ0) is 17.9. The Morgan fingerprint density at radius 1 is 1.19 bits per heavy atom. The quantitative estimate of drug-likeness (QED) is 0.483. The Morgan fingerprint density at radius 2 is 2.04 bits per heavy atom. The monoisotopic (exact) mass is 354 g/mol. The van der Waals surface area contributed by atoms with Crippen molar-refractivity contribution in [3.05, 3.63) is 23.3 Å². The summed E-state index contributed by atoms with van der Waals surface area (Å²) in [6, 6.07) is 0. The van der Waals surface area contributed by atoms with Crippen molar-refractivity contribution in [1.29, 1.82) is 0 Å². The van der Waals surface area contributed by atoms with E-state index in [2.05, 4.69) is 26.0 Å². The Balaban J connectivity index is 1.44. The van der Waals surface area contributed by atoms with E-state index >= 15 is 0 Å². The van der Waals surface area contributed by atoms with Crippen molar-refractivity contribution in [2.24, 2.45) is 34.5 Å². The molecule has 0 aromatic carbocycles. The van der Waals surface area contributed by atoms with Crippen molar-refractivity contribution >= 4 is 11.9 Å². The highest BCUT2D eigenvalue weighted by molar-refractivity contribution is 5.83. The molecule has 7 atom stereocenters. The van der Waals surface area contributed by atoms with Crippen molar-refractivity contribution in [1.82, 2.24) is 0 Å². The van der Waals surface area contributed by atoms with Gasteiger partial charge in [-0.25, -0.2) is 4.79 Å². The summed E-state index contributed by atoms with van der Waals surface area (Å²) in [7, 11) is 0. The fourth-order valence-corrected chi connectivity index (χ4v) is 7.73. The van der Waals surface area contributed by atoms with Crippen LogP contribution in [0.15, 0.2) is 23.3 Å². The molecule has 1 saturated heterocycles. The smallest absolute Gasteiger partial charge is 0.430 e. The predicted octanol–water partition coefficient (Wildman–Crippen LogP) is 4.20. The van der Waals surface area contributed by atoms with Crippen LogP contribution in [0.25, 0.3) is 0 Å². The molecule has 5 aliphatic carbocycles. The molecule has 4 fully saturated rings. The van der Waals surface area contributed by atoms with E-state index in [1.54, 1.807) is 5.57 Å². The topological polar surface area (TPSA) is 52.6 Å². The number of carbonyl (C=O) groups excluding carboxylic acids is 2.